The molecule has 0 fully saturated rings. The van der Waals surface area contributed by atoms with E-state index in [4.69, 9.17) is 0 Å². The molecule has 0 unspecified atom stereocenters. The van der Waals surface area contributed by atoms with Gasteiger partial charge in [0, 0.05) is 36.4 Å². The van der Waals surface area contributed by atoms with Crippen molar-refractivity contribution in [3.8, 4) is 5.82 Å². The maximum absolute atomic E-state index is 12.5. The Morgan fingerprint density at radius 1 is 1.11 bits per heavy atom. The lowest BCUT2D eigenvalue weighted by Gasteiger charge is -2.24. The van der Waals surface area contributed by atoms with Gasteiger partial charge in [-0.2, -0.15) is 14.9 Å². The highest BCUT2D eigenvalue weighted by Gasteiger charge is 2.34. The summed E-state index contributed by atoms with van der Waals surface area (Å²) in [7, 11) is 0. The van der Waals surface area contributed by atoms with Crippen molar-refractivity contribution in [3.05, 3.63) is 69.9 Å². The minimum Gasteiger partial charge on any atom is -0.310 e. The molecule has 4 aromatic rings. The van der Waals surface area contributed by atoms with Gasteiger partial charge in [0.05, 0.1) is 16.7 Å². The molecule has 1 aliphatic rings. The maximum Gasteiger partial charge on any atom is 0.264 e. The molecule has 9 heteroatoms. The van der Waals surface area contributed by atoms with Gasteiger partial charge in [-0.1, -0.05) is 12.1 Å². The zero-order chi connectivity index (χ0) is 19.3. The van der Waals surface area contributed by atoms with Gasteiger partial charge in [-0.15, -0.1) is 0 Å². The summed E-state index contributed by atoms with van der Waals surface area (Å²) in [6.45, 7) is 1.89. The van der Waals surface area contributed by atoms with E-state index in [1.807, 2.05) is 25.1 Å². The van der Waals surface area contributed by atoms with Gasteiger partial charge in [-0.3, -0.25) is 19.6 Å². The number of benzene rings is 1. The van der Waals surface area contributed by atoms with E-state index in [0.29, 0.717) is 11.6 Å². The number of para-hydroxylation sites is 1. The van der Waals surface area contributed by atoms with Crippen LogP contribution in [0.15, 0.2) is 47.5 Å². The van der Waals surface area contributed by atoms with E-state index in [1.54, 1.807) is 23.1 Å². The minimum atomic E-state index is -0.308. The number of fused-ring (bicyclic) bond motifs is 2. The molecular formula is C19H15N7O2. The second-order valence-corrected chi connectivity index (χ2v) is 6.62. The van der Waals surface area contributed by atoms with Crippen LogP contribution in [-0.2, 0) is 4.79 Å². The largest absolute Gasteiger partial charge is 0.310 e. The van der Waals surface area contributed by atoms with Gasteiger partial charge in [0.1, 0.15) is 5.82 Å². The number of aromatic nitrogens is 6. The summed E-state index contributed by atoms with van der Waals surface area (Å²) in [5, 5.41) is 13.9. The fraction of sp³-hybridized carbons (Fsp3) is 0.158. The van der Waals surface area contributed by atoms with Crippen LogP contribution >= 0.6 is 0 Å². The fourth-order valence-electron chi connectivity index (χ4n) is 3.73. The first-order valence-electron chi connectivity index (χ1n) is 8.77. The molecule has 4 heterocycles. The molecule has 5 rings (SSSR count). The molecule has 1 atom stereocenters. The lowest BCUT2D eigenvalue weighted by Crippen LogP contribution is -2.25. The van der Waals surface area contributed by atoms with Crippen LogP contribution < -0.4 is 10.9 Å². The van der Waals surface area contributed by atoms with Crippen LogP contribution in [-0.4, -0.2) is 35.9 Å². The average molecular weight is 373 g/mol. The predicted molar refractivity (Wildman–Crippen MR) is 101 cm³/mol. The van der Waals surface area contributed by atoms with Crippen molar-refractivity contribution in [2.75, 3.05) is 5.32 Å². The number of rotatable bonds is 2. The van der Waals surface area contributed by atoms with Gasteiger partial charge in [0.15, 0.2) is 5.82 Å². The number of aryl methyl sites for hydroxylation is 1. The number of aromatic amines is 1. The predicted octanol–water partition coefficient (Wildman–Crippen LogP) is 1.68. The number of carbonyl (C=O) groups excluding carboxylic acids is 1. The normalized spacial score (nSPS) is 16.0. The lowest BCUT2D eigenvalue weighted by atomic mass is 9.85. The van der Waals surface area contributed by atoms with Crippen LogP contribution in [0.5, 0.6) is 0 Å². The number of nitrogens with zero attached hydrogens (tertiary/aromatic N) is 5. The van der Waals surface area contributed by atoms with Crippen molar-refractivity contribution in [2.45, 2.75) is 19.3 Å². The molecule has 1 amide bonds. The zero-order valence-electron chi connectivity index (χ0n) is 14.9. The number of anilines is 1. The highest BCUT2D eigenvalue weighted by Crippen LogP contribution is 2.41. The molecule has 0 saturated heterocycles. The Kier molecular flexibility index (Phi) is 3.54. The van der Waals surface area contributed by atoms with Crippen molar-refractivity contribution in [3.63, 3.8) is 0 Å². The Morgan fingerprint density at radius 2 is 1.96 bits per heavy atom. The number of H-pyrrole nitrogens is 1. The molecule has 1 aromatic carbocycles. The Bertz CT molecular complexity index is 1270. The number of nitrogens with one attached hydrogen (secondary N) is 2. The van der Waals surface area contributed by atoms with E-state index >= 15 is 0 Å². The molecule has 0 bridgehead atoms. The Hall–Kier alpha value is -3.88. The molecule has 0 radical (unpaired) electrons. The summed E-state index contributed by atoms with van der Waals surface area (Å²) in [5.74, 6) is 0.645. The number of hydrogen-bond donors (Lipinski definition) is 2. The first-order chi connectivity index (χ1) is 13.6. The third-order valence-corrected chi connectivity index (χ3v) is 4.89. The summed E-state index contributed by atoms with van der Waals surface area (Å²) in [5.41, 5.74) is 3.85. The molecule has 9 nitrogen and oxygen atoms in total. The maximum atomic E-state index is 12.5. The number of hydrogen-bond acceptors (Lipinski definition) is 6. The Morgan fingerprint density at radius 3 is 2.79 bits per heavy atom. The third kappa shape index (κ3) is 2.48. The lowest BCUT2D eigenvalue weighted by molar-refractivity contribution is -0.116. The van der Waals surface area contributed by atoms with E-state index in [2.05, 4.69) is 30.6 Å². The standard InChI is InChI=1S/C19H15N7O2/c1-10-17-12(11-3-2-4-13-18(11)21-8-7-20-13)9-16(28)22-19(17)26(25-10)14-5-6-15(27)24-23-14/h2-8,12H,9H2,1H3,(H,22,28)(H,24,27)/t12-/m1/s1. The fourth-order valence-corrected chi connectivity index (χ4v) is 3.73. The minimum absolute atomic E-state index is 0.121. The molecule has 2 N–H and O–H groups in total. The van der Waals surface area contributed by atoms with Gasteiger partial charge in [-0.05, 0) is 24.6 Å². The average Bonchev–Trinajstić information content (AvgIpc) is 3.04. The van der Waals surface area contributed by atoms with Crippen molar-refractivity contribution >= 4 is 22.8 Å². The van der Waals surface area contributed by atoms with Crippen LogP contribution in [0.3, 0.4) is 0 Å². The van der Waals surface area contributed by atoms with Crippen molar-refractivity contribution < 1.29 is 4.79 Å². The highest BCUT2D eigenvalue weighted by molar-refractivity contribution is 5.96. The van der Waals surface area contributed by atoms with Crippen molar-refractivity contribution in [1.82, 2.24) is 29.9 Å². The molecule has 0 spiro atoms. The number of amides is 1. The number of carbonyl (C=O) groups is 1. The molecule has 28 heavy (non-hydrogen) atoms. The van der Waals surface area contributed by atoms with Gasteiger partial charge in [-0.25, -0.2) is 5.10 Å². The van der Waals surface area contributed by atoms with Gasteiger partial charge in [0.25, 0.3) is 5.56 Å². The van der Waals surface area contributed by atoms with Gasteiger partial charge < -0.3 is 5.32 Å². The Labute approximate surface area is 158 Å². The van der Waals surface area contributed by atoms with Crippen LogP contribution in [0.4, 0.5) is 5.82 Å². The second kappa shape index (κ2) is 6.08. The second-order valence-electron chi connectivity index (χ2n) is 6.62. The van der Waals surface area contributed by atoms with Crippen LogP contribution in [0.2, 0.25) is 0 Å². The molecule has 0 saturated carbocycles. The molecule has 1 aliphatic heterocycles. The van der Waals surface area contributed by atoms with E-state index in [-0.39, 0.29) is 23.8 Å². The van der Waals surface area contributed by atoms with Gasteiger partial charge >= 0.3 is 0 Å². The molecule has 3 aromatic heterocycles. The summed E-state index contributed by atoms with van der Waals surface area (Å²) < 4.78 is 1.54. The van der Waals surface area contributed by atoms with E-state index in [1.165, 1.54) is 6.07 Å². The summed E-state index contributed by atoms with van der Waals surface area (Å²) in [6, 6.07) is 8.72. The third-order valence-electron chi connectivity index (χ3n) is 4.89. The van der Waals surface area contributed by atoms with E-state index in [9.17, 15) is 9.59 Å². The van der Waals surface area contributed by atoms with E-state index < -0.39 is 0 Å². The molecular weight excluding hydrogens is 358 g/mol. The summed E-state index contributed by atoms with van der Waals surface area (Å²) >= 11 is 0. The van der Waals surface area contributed by atoms with Crippen LogP contribution in [0.1, 0.15) is 29.2 Å². The quantitative estimate of drug-likeness (QED) is 0.552. The molecule has 0 aliphatic carbocycles. The molecule has 138 valence electrons. The smallest absolute Gasteiger partial charge is 0.264 e. The van der Waals surface area contributed by atoms with Crippen LogP contribution in [0.25, 0.3) is 16.9 Å². The highest BCUT2D eigenvalue weighted by atomic mass is 16.2. The van der Waals surface area contributed by atoms with Crippen LogP contribution in [0, 0.1) is 6.92 Å². The summed E-state index contributed by atoms with van der Waals surface area (Å²) in [4.78, 5) is 32.7. The van der Waals surface area contributed by atoms with Crippen molar-refractivity contribution in [1.29, 1.82) is 0 Å². The Balaban J connectivity index is 1.73. The monoisotopic (exact) mass is 373 g/mol. The SMILES string of the molecule is Cc1nn(-c2ccc(=O)[nH]n2)c2c1[C@@H](c1cccc3nccnc13)CC(=O)N2. The first kappa shape index (κ1) is 16.3. The van der Waals surface area contributed by atoms with E-state index in [0.717, 1.165) is 27.9 Å². The topological polar surface area (TPSA) is 118 Å². The first-order valence-corrected chi connectivity index (χ1v) is 8.77. The summed E-state index contributed by atoms with van der Waals surface area (Å²) in [6.07, 6.45) is 3.58. The van der Waals surface area contributed by atoms with Gasteiger partial charge in [0.2, 0.25) is 5.91 Å². The zero-order valence-corrected chi connectivity index (χ0v) is 14.9. The van der Waals surface area contributed by atoms with Crippen molar-refractivity contribution in [2.24, 2.45) is 0 Å².